The van der Waals surface area contributed by atoms with Gasteiger partial charge in [0.15, 0.2) is 34.0 Å². The van der Waals surface area contributed by atoms with Crippen LogP contribution in [0.2, 0.25) is 0 Å². The van der Waals surface area contributed by atoms with Crippen molar-refractivity contribution in [2.75, 3.05) is 5.75 Å². The van der Waals surface area contributed by atoms with Crippen LogP contribution in [0.4, 0.5) is 4.39 Å². The molecule has 1 aliphatic heterocycles. The number of rotatable bonds is 6. The predicted molar refractivity (Wildman–Crippen MR) is 113 cm³/mol. The van der Waals surface area contributed by atoms with Crippen LogP contribution in [0.5, 0.6) is 5.75 Å². The molecule has 3 rings (SSSR count). The third-order valence-corrected chi connectivity index (χ3v) is 7.04. The van der Waals surface area contributed by atoms with Gasteiger partial charge in [0.25, 0.3) is 0 Å². The number of hydrogen-bond donors (Lipinski definition) is 3. The van der Waals surface area contributed by atoms with Crippen LogP contribution in [0.3, 0.4) is 0 Å². The van der Waals surface area contributed by atoms with Crippen molar-refractivity contribution in [2.45, 2.75) is 43.0 Å². The first-order chi connectivity index (χ1) is 14.9. The number of thioether (sulfide) groups is 1. The fourth-order valence-corrected chi connectivity index (χ4v) is 5.39. The highest BCUT2D eigenvalue weighted by Gasteiger charge is 2.75. The number of halogens is 1. The first-order valence-electron chi connectivity index (χ1n) is 9.58. The Hall–Kier alpha value is -2.66. The number of benzene rings is 1. The van der Waals surface area contributed by atoms with Crippen molar-refractivity contribution in [2.24, 2.45) is 0 Å². The number of ketones is 3. The lowest BCUT2D eigenvalue weighted by molar-refractivity contribution is -0.235. The second kappa shape index (κ2) is 8.36. The molecule has 1 aromatic heterocycles. The molecule has 4 atom stereocenters. The van der Waals surface area contributed by atoms with Crippen molar-refractivity contribution in [1.82, 2.24) is 4.98 Å². The third-order valence-electron chi connectivity index (χ3n) is 5.71. The highest BCUT2D eigenvalue weighted by Crippen LogP contribution is 2.49. The average Bonchev–Trinajstić information content (AvgIpc) is 2.74. The topological polar surface area (TPSA) is 134 Å². The van der Waals surface area contributed by atoms with Gasteiger partial charge in [0.1, 0.15) is 11.6 Å². The molecular weight excluding hydrogens is 441 g/mol. The summed E-state index contributed by atoms with van der Waals surface area (Å²) in [7, 11) is 0. The quantitative estimate of drug-likeness (QED) is 0.579. The van der Waals surface area contributed by atoms with Gasteiger partial charge >= 0.3 is 0 Å². The Morgan fingerprint density at radius 2 is 1.78 bits per heavy atom. The molecule has 0 aliphatic carbocycles. The van der Waals surface area contributed by atoms with Crippen LogP contribution in [0.15, 0.2) is 42.7 Å². The number of carbonyl (C=O) groups excluding carboxylic acids is 3. The van der Waals surface area contributed by atoms with Crippen LogP contribution in [-0.2, 0) is 14.4 Å². The standard InChI is InChI=1S/C22H22FNO7S/c1-12(25)20(28)11-32-19(21(29,13(2)26)22(20,30)14(3)27)31-18-9-16(23)6-7-17(18)15-5-4-8-24-10-15/h4-10,19,28-30H,11H2,1-3H3/t19-,20-,21-,22-/m0/s1. The summed E-state index contributed by atoms with van der Waals surface area (Å²) in [6.07, 6.45) is 3.03. The number of pyridine rings is 1. The highest BCUT2D eigenvalue weighted by atomic mass is 32.2. The molecule has 1 aromatic carbocycles. The summed E-state index contributed by atoms with van der Waals surface area (Å²) >= 11 is 0.644. The van der Waals surface area contributed by atoms with E-state index < -0.39 is 51.2 Å². The lowest BCUT2D eigenvalue weighted by Crippen LogP contribution is -2.82. The van der Waals surface area contributed by atoms with Gasteiger partial charge in [-0.3, -0.25) is 19.4 Å². The van der Waals surface area contributed by atoms with E-state index in [9.17, 15) is 34.1 Å². The molecule has 0 unspecified atom stereocenters. The molecule has 2 aromatic rings. The molecule has 1 fully saturated rings. The summed E-state index contributed by atoms with van der Waals surface area (Å²) < 4.78 is 19.9. The summed E-state index contributed by atoms with van der Waals surface area (Å²) in [6.45, 7) is 2.67. The summed E-state index contributed by atoms with van der Waals surface area (Å²) in [6, 6.07) is 6.93. The largest absolute Gasteiger partial charge is 0.475 e. The summed E-state index contributed by atoms with van der Waals surface area (Å²) in [5.41, 5.74) is -9.74. The Morgan fingerprint density at radius 1 is 1.09 bits per heavy atom. The molecule has 0 saturated carbocycles. The zero-order valence-corrected chi connectivity index (χ0v) is 18.4. The summed E-state index contributed by atoms with van der Waals surface area (Å²) in [4.78, 5) is 41.3. The Balaban J connectivity index is 2.16. The highest BCUT2D eigenvalue weighted by molar-refractivity contribution is 8.00. The van der Waals surface area contributed by atoms with Crippen molar-refractivity contribution < 1.29 is 38.8 Å². The molecule has 1 aliphatic rings. The Kier molecular flexibility index (Phi) is 6.27. The van der Waals surface area contributed by atoms with Gasteiger partial charge in [-0.05, 0) is 39.0 Å². The monoisotopic (exact) mass is 463 g/mol. The van der Waals surface area contributed by atoms with Crippen LogP contribution in [0.25, 0.3) is 11.1 Å². The van der Waals surface area contributed by atoms with Gasteiger partial charge < -0.3 is 20.1 Å². The fraction of sp³-hybridized carbons (Fsp3) is 0.364. The normalized spacial score (nSPS) is 29.9. The van der Waals surface area contributed by atoms with Crippen LogP contribution in [0.1, 0.15) is 20.8 Å². The molecule has 170 valence electrons. The fourth-order valence-electron chi connectivity index (χ4n) is 3.83. The maximum Gasteiger partial charge on any atom is 0.208 e. The van der Waals surface area contributed by atoms with Crippen molar-refractivity contribution in [1.29, 1.82) is 0 Å². The number of carbonyl (C=O) groups is 3. The molecule has 1 saturated heterocycles. The number of ether oxygens (including phenoxy) is 1. The smallest absolute Gasteiger partial charge is 0.208 e. The molecule has 3 N–H and O–H groups in total. The lowest BCUT2D eigenvalue weighted by atomic mass is 9.65. The Labute approximate surface area is 187 Å². The number of Topliss-reactive ketones (excluding diaryl/α,β-unsaturated/α-hetero) is 3. The molecule has 2 heterocycles. The van der Waals surface area contributed by atoms with E-state index in [2.05, 4.69) is 4.98 Å². The van der Waals surface area contributed by atoms with Crippen LogP contribution in [-0.4, -0.2) is 65.6 Å². The molecule has 10 heteroatoms. The number of aromatic nitrogens is 1. The van der Waals surface area contributed by atoms with Crippen molar-refractivity contribution >= 4 is 29.1 Å². The van der Waals surface area contributed by atoms with Gasteiger partial charge in [-0.2, -0.15) is 0 Å². The molecule has 0 amide bonds. The minimum atomic E-state index is -3.20. The van der Waals surface area contributed by atoms with Crippen LogP contribution < -0.4 is 4.74 Å². The van der Waals surface area contributed by atoms with Crippen molar-refractivity contribution in [3.05, 3.63) is 48.5 Å². The van der Waals surface area contributed by atoms with Gasteiger partial charge in [0.05, 0.1) is 0 Å². The van der Waals surface area contributed by atoms with E-state index in [0.717, 1.165) is 26.8 Å². The van der Waals surface area contributed by atoms with Gasteiger partial charge in [-0.15, -0.1) is 11.8 Å². The number of hydrogen-bond acceptors (Lipinski definition) is 9. The van der Waals surface area contributed by atoms with Gasteiger partial charge in [0, 0.05) is 35.3 Å². The maximum atomic E-state index is 14.1. The van der Waals surface area contributed by atoms with Crippen molar-refractivity contribution in [3.63, 3.8) is 0 Å². The molecule has 0 radical (unpaired) electrons. The molecular formula is C22H22FNO7S. The minimum absolute atomic E-state index is 0.102. The predicted octanol–water partition coefficient (Wildman–Crippen LogP) is 1.30. The van der Waals surface area contributed by atoms with Crippen LogP contribution >= 0.6 is 11.8 Å². The van der Waals surface area contributed by atoms with E-state index in [1.807, 2.05) is 0 Å². The number of nitrogens with zero attached hydrogens (tertiary/aromatic N) is 1. The van der Waals surface area contributed by atoms with Gasteiger partial charge in [0.2, 0.25) is 5.60 Å². The van der Waals surface area contributed by atoms with Gasteiger partial charge in [-0.1, -0.05) is 6.07 Å². The van der Waals surface area contributed by atoms with E-state index in [-0.39, 0.29) is 5.75 Å². The molecule has 0 bridgehead atoms. The summed E-state index contributed by atoms with van der Waals surface area (Å²) in [5.74, 6) is -4.67. The van der Waals surface area contributed by atoms with E-state index in [4.69, 9.17) is 4.74 Å². The Bertz CT molecular complexity index is 1080. The Morgan fingerprint density at radius 3 is 2.31 bits per heavy atom. The maximum absolute atomic E-state index is 14.1. The molecule has 32 heavy (non-hydrogen) atoms. The summed E-state index contributed by atoms with van der Waals surface area (Å²) in [5, 5.41) is 33.5. The van der Waals surface area contributed by atoms with Crippen LogP contribution in [0, 0.1) is 5.82 Å². The molecule has 0 spiro atoms. The molecule has 8 nitrogen and oxygen atoms in total. The third kappa shape index (κ3) is 3.43. The SMILES string of the molecule is CC(=O)[C@]1(O)[C@@](O)(C(C)=O)CS[C@H](Oc2cc(F)ccc2-c2cccnc2)[C@@]1(O)C(C)=O. The second-order valence-corrected chi connectivity index (χ2v) is 8.70. The second-order valence-electron chi connectivity index (χ2n) is 7.65. The average molecular weight is 463 g/mol. The lowest BCUT2D eigenvalue weighted by Gasteiger charge is -2.54. The van der Waals surface area contributed by atoms with E-state index in [1.54, 1.807) is 12.1 Å². The minimum Gasteiger partial charge on any atom is -0.475 e. The zero-order valence-electron chi connectivity index (χ0n) is 17.5. The van der Waals surface area contributed by atoms with Gasteiger partial charge in [-0.25, -0.2) is 4.39 Å². The first kappa shape index (κ1) is 24.0. The zero-order chi connectivity index (χ0) is 23.9. The van der Waals surface area contributed by atoms with E-state index >= 15 is 0 Å². The van der Waals surface area contributed by atoms with Crippen molar-refractivity contribution in [3.8, 4) is 16.9 Å². The first-order valence-corrected chi connectivity index (χ1v) is 10.6. The van der Waals surface area contributed by atoms with E-state index in [1.165, 1.54) is 24.5 Å². The number of aliphatic hydroxyl groups is 3. The van der Waals surface area contributed by atoms with E-state index in [0.29, 0.717) is 22.9 Å².